The second-order valence-corrected chi connectivity index (χ2v) is 12.8. The minimum absolute atomic E-state index is 0.00780. The van der Waals surface area contributed by atoms with E-state index in [1.165, 1.54) is 0 Å². The lowest BCUT2D eigenvalue weighted by atomic mass is 9.89. The fourth-order valence-electron chi connectivity index (χ4n) is 7.19. The number of anilines is 1. The molecular weight excluding hydrogens is 551 g/mol. The lowest BCUT2D eigenvalue weighted by Crippen LogP contribution is -2.67. The molecule has 7 rings (SSSR count). The van der Waals surface area contributed by atoms with Gasteiger partial charge in [-0.2, -0.15) is 15.6 Å². The summed E-state index contributed by atoms with van der Waals surface area (Å²) in [6.07, 6.45) is 3.97. The molecule has 0 aliphatic carbocycles. The standard InChI is InChI=1S/C35H35FN8/c1-21-15-27-32(31(36)29(21)26-10-6-8-22-7-5-9-23(17-38)30(22)26)41-34(43-19-35(2,20-43)42(3)4)28-18-40-44(33(27)28)25-12-14-39-24(16-25)11-13-37/h5-10,15,18,24-25,39H,11-12,14,16,19-20H2,1-4H3/t24-,25+/m1/s1. The quantitative estimate of drug-likeness (QED) is 0.267. The van der Waals surface area contributed by atoms with Gasteiger partial charge in [0, 0.05) is 35.5 Å². The van der Waals surface area contributed by atoms with Gasteiger partial charge < -0.3 is 15.1 Å². The zero-order valence-electron chi connectivity index (χ0n) is 25.5. The summed E-state index contributed by atoms with van der Waals surface area (Å²) < 4.78 is 19.2. The summed E-state index contributed by atoms with van der Waals surface area (Å²) >= 11 is 0. The predicted octanol–water partition coefficient (Wildman–Crippen LogP) is 6.07. The number of aryl methyl sites for hydroxylation is 1. The molecule has 0 spiro atoms. The van der Waals surface area contributed by atoms with Crippen LogP contribution in [0, 0.1) is 35.4 Å². The van der Waals surface area contributed by atoms with Crippen molar-refractivity contribution in [1.29, 1.82) is 10.5 Å². The Bertz CT molecular complexity index is 2020. The van der Waals surface area contributed by atoms with Gasteiger partial charge in [-0.3, -0.25) is 4.68 Å². The van der Waals surface area contributed by atoms with Crippen molar-refractivity contribution in [3.8, 4) is 23.3 Å². The first kappa shape index (κ1) is 28.2. The second kappa shape index (κ2) is 10.6. The van der Waals surface area contributed by atoms with Crippen molar-refractivity contribution in [3.63, 3.8) is 0 Å². The molecule has 2 fully saturated rings. The van der Waals surface area contributed by atoms with E-state index in [0.717, 1.165) is 70.9 Å². The van der Waals surface area contributed by atoms with Crippen LogP contribution in [0.15, 0.2) is 48.7 Å². The van der Waals surface area contributed by atoms with Crippen LogP contribution in [0.5, 0.6) is 0 Å². The van der Waals surface area contributed by atoms with Crippen LogP contribution in [0.2, 0.25) is 0 Å². The third-order valence-corrected chi connectivity index (χ3v) is 9.83. The zero-order chi connectivity index (χ0) is 30.7. The van der Waals surface area contributed by atoms with Crippen LogP contribution >= 0.6 is 0 Å². The molecule has 5 aromatic rings. The van der Waals surface area contributed by atoms with Gasteiger partial charge in [-0.1, -0.05) is 30.3 Å². The fourth-order valence-corrected chi connectivity index (χ4v) is 7.19. The Morgan fingerprint density at radius 2 is 1.91 bits per heavy atom. The highest BCUT2D eigenvalue weighted by Gasteiger charge is 2.42. The highest BCUT2D eigenvalue weighted by atomic mass is 19.1. The van der Waals surface area contributed by atoms with Crippen molar-refractivity contribution in [3.05, 3.63) is 65.6 Å². The first-order valence-corrected chi connectivity index (χ1v) is 15.2. The van der Waals surface area contributed by atoms with Crippen LogP contribution in [-0.2, 0) is 0 Å². The number of aromatic nitrogens is 3. The van der Waals surface area contributed by atoms with Crippen molar-refractivity contribution in [2.24, 2.45) is 0 Å². The molecule has 2 aliphatic heterocycles. The topological polar surface area (TPSA) is 96.8 Å². The minimum atomic E-state index is -0.389. The second-order valence-electron chi connectivity index (χ2n) is 12.8. The Hall–Kier alpha value is -4.57. The van der Waals surface area contributed by atoms with Crippen LogP contribution in [0.25, 0.3) is 43.7 Å². The van der Waals surface area contributed by atoms with Crippen molar-refractivity contribution in [2.45, 2.75) is 50.7 Å². The molecule has 2 atom stereocenters. The SMILES string of the molecule is Cc1cc2c(nc(N3CC(C)(N(C)C)C3)c3cnn([C@H]4CCN[C@H](CC#N)C4)c32)c(F)c1-c1cccc2cccc(C#N)c12. The third-order valence-electron chi connectivity index (χ3n) is 9.83. The Morgan fingerprint density at radius 1 is 1.14 bits per heavy atom. The minimum Gasteiger partial charge on any atom is -0.352 e. The molecule has 0 radical (unpaired) electrons. The summed E-state index contributed by atoms with van der Waals surface area (Å²) in [6, 6.07) is 18.2. The maximum Gasteiger partial charge on any atom is 0.157 e. The van der Waals surface area contributed by atoms with E-state index in [1.807, 2.05) is 49.5 Å². The molecule has 8 nitrogen and oxygen atoms in total. The molecule has 4 heterocycles. The van der Waals surface area contributed by atoms with Gasteiger partial charge in [-0.25, -0.2) is 9.37 Å². The molecule has 2 aliphatic rings. The smallest absolute Gasteiger partial charge is 0.157 e. The van der Waals surface area contributed by atoms with E-state index in [9.17, 15) is 10.5 Å². The van der Waals surface area contributed by atoms with E-state index in [4.69, 9.17) is 10.1 Å². The van der Waals surface area contributed by atoms with Crippen molar-refractivity contribution in [1.82, 2.24) is 25.0 Å². The first-order chi connectivity index (χ1) is 21.2. The van der Waals surface area contributed by atoms with E-state index >= 15 is 4.39 Å². The lowest BCUT2D eigenvalue weighted by Gasteiger charge is -2.52. The van der Waals surface area contributed by atoms with Gasteiger partial charge in [0.1, 0.15) is 11.3 Å². The number of piperidine rings is 1. The Kier molecular flexibility index (Phi) is 6.77. The molecule has 2 saturated heterocycles. The number of likely N-dealkylation sites (N-methyl/N-ethyl adjacent to an activating group) is 1. The van der Waals surface area contributed by atoms with Gasteiger partial charge in [0.15, 0.2) is 5.82 Å². The molecule has 0 saturated carbocycles. The monoisotopic (exact) mass is 586 g/mol. The van der Waals surface area contributed by atoms with E-state index in [2.05, 4.69) is 53.0 Å². The molecule has 2 aromatic heterocycles. The van der Waals surface area contributed by atoms with Gasteiger partial charge in [0.05, 0.1) is 52.8 Å². The largest absolute Gasteiger partial charge is 0.352 e. The fraction of sp³-hybridized carbons (Fsp3) is 0.371. The van der Waals surface area contributed by atoms with Gasteiger partial charge in [-0.15, -0.1) is 0 Å². The number of nitrogens with one attached hydrogen (secondary N) is 1. The van der Waals surface area contributed by atoms with Crippen molar-refractivity contribution < 1.29 is 4.39 Å². The van der Waals surface area contributed by atoms with E-state index in [0.29, 0.717) is 28.6 Å². The average molecular weight is 587 g/mol. The number of nitriles is 2. The normalized spacial score (nSPS) is 19.8. The van der Waals surface area contributed by atoms with E-state index < -0.39 is 0 Å². The summed E-state index contributed by atoms with van der Waals surface area (Å²) in [7, 11) is 4.17. The Morgan fingerprint density at radius 3 is 2.64 bits per heavy atom. The van der Waals surface area contributed by atoms with E-state index in [-0.39, 0.29) is 23.4 Å². The summed E-state index contributed by atoms with van der Waals surface area (Å²) in [5, 5.41) is 30.9. The predicted molar refractivity (Wildman–Crippen MR) is 172 cm³/mol. The Balaban J connectivity index is 1.48. The van der Waals surface area contributed by atoms with Gasteiger partial charge in [-0.05, 0) is 76.0 Å². The number of hydrogen-bond donors (Lipinski definition) is 1. The zero-order valence-corrected chi connectivity index (χ0v) is 25.5. The van der Waals surface area contributed by atoms with Gasteiger partial charge >= 0.3 is 0 Å². The number of benzene rings is 3. The van der Waals surface area contributed by atoms with Crippen LogP contribution < -0.4 is 10.2 Å². The highest BCUT2D eigenvalue weighted by Crippen LogP contribution is 2.43. The van der Waals surface area contributed by atoms with Gasteiger partial charge in [0.25, 0.3) is 0 Å². The van der Waals surface area contributed by atoms with Crippen LogP contribution in [0.1, 0.15) is 43.4 Å². The molecule has 222 valence electrons. The first-order valence-electron chi connectivity index (χ1n) is 15.2. The number of hydrogen-bond acceptors (Lipinski definition) is 7. The summed E-state index contributed by atoms with van der Waals surface area (Å²) in [4.78, 5) is 9.51. The molecule has 1 N–H and O–H groups in total. The third kappa shape index (κ3) is 4.30. The van der Waals surface area contributed by atoms with Gasteiger partial charge in [0.2, 0.25) is 0 Å². The maximum absolute atomic E-state index is 17.1. The molecule has 9 heteroatoms. The van der Waals surface area contributed by atoms with E-state index in [1.54, 1.807) is 6.07 Å². The summed E-state index contributed by atoms with van der Waals surface area (Å²) in [5.74, 6) is 0.352. The lowest BCUT2D eigenvalue weighted by molar-refractivity contribution is 0.133. The number of nitrogens with zero attached hydrogens (tertiary/aromatic N) is 7. The van der Waals surface area contributed by atoms with Crippen LogP contribution in [0.4, 0.5) is 10.2 Å². The van der Waals surface area contributed by atoms with Crippen molar-refractivity contribution >= 4 is 38.4 Å². The maximum atomic E-state index is 17.1. The number of fused-ring (bicyclic) bond motifs is 4. The summed E-state index contributed by atoms with van der Waals surface area (Å²) in [5.41, 5.74) is 3.63. The number of rotatable bonds is 5. The molecule has 0 unspecified atom stereocenters. The molecule has 44 heavy (non-hydrogen) atoms. The Labute approximate surface area is 256 Å². The molecule has 0 amide bonds. The summed E-state index contributed by atoms with van der Waals surface area (Å²) in [6.45, 7) is 6.49. The number of halogens is 1. The van der Waals surface area contributed by atoms with Crippen LogP contribution in [0.3, 0.4) is 0 Å². The molecule has 0 bridgehead atoms. The highest BCUT2D eigenvalue weighted by molar-refractivity contribution is 6.11. The van der Waals surface area contributed by atoms with Crippen LogP contribution in [-0.4, -0.2) is 65.0 Å². The molecular formula is C35H35FN8. The van der Waals surface area contributed by atoms with Crippen molar-refractivity contribution in [2.75, 3.05) is 38.6 Å². The molecule has 3 aromatic carbocycles. The number of pyridine rings is 1. The average Bonchev–Trinajstić information content (AvgIpc) is 3.45.